The Morgan fingerprint density at radius 2 is 1.79 bits per heavy atom. The van der Waals surface area contributed by atoms with Crippen LogP contribution in [0, 0.1) is 0 Å². The standard InChI is InChI=1S/C23H28ClN3O2/c1-27(16-17-8-4-2-5-9-17)22(28)15-25-19-12-13-21(24)20(14-19)23(29)26-18-10-6-3-7-11-18/h2,4-5,8-9,12-14,18,25H,3,6-7,10-11,15-16H2,1H3,(H,26,29). The van der Waals surface area contributed by atoms with E-state index in [-0.39, 0.29) is 24.4 Å². The molecule has 1 aliphatic carbocycles. The van der Waals surface area contributed by atoms with Crippen molar-refractivity contribution in [1.82, 2.24) is 10.2 Å². The normalized spacial score (nSPS) is 14.3. The van der Waals surface area contributed by atoms with E-state index in [2.05, 4.69) is 10.6 Å². The molecule has 2 amide bonds. The molecule has 0 heterocycles. The number of likely N-dealkylation sites (N-methyl/N-ethyl adjacent to an activating group) is 1. The zero-order valence-electron chi connectivity index (χ0n) is 16.8. The number of nitrogens with zero attached hydrogens (tertiary/aromatic N) is 1. The second-order valence-corrected chi connectivity index (χ2v) is 8.00. The first-order valence-electron chi connectivity index (χ1n) is 10.1. The number of hydrogen-bond donors (Lipinski definition) is 2. The smallest absolute Gasteiger partial charge is 0.253 e. The van der Waals surface area contributed by atoms with E-state index in [0.717, 1.165) is 31.2 Å². The lowest BCUT2D eigenvalue weighted by atomic mass is 9.95. The molecule has 0 radical (unpaired) electrons. The zero-order valence-corrected chi connectivity index (χ0v) is 17.5. The molecule has 0 atom stereocenters. The molecule has 1 fully saturated rings. The molecule has 0 aromatic heterocycles. The molecule has 0 spiro atoms. The van der Waals surface area contributed by atoms with Crippen LogP contribution in [0.5, 0.6) is 0 Å². The van der Waals surface area contributed by atoms with Crippen molar-refractivity contribution < 1.29 is 9.59 Å². The van der Waals surface area contributed by atoms with Gasteiger partial charge in [0.15, 0.2) is 0 Å². The number of carbonyl (C=O) groups excluding carboxylic acids is 2. The molecular formula is C23H28ClN3O2. The summed E-state index contributed by atoms with van der Waals surface area (Å²) in [5.41, 5.74) is 2.22. The van der Waals surface area contributed by atoms with Crippen molar-refractivity contribution in [3.05, 3.63) is 64.7 Å². The van der Waals surface area contributed by atoms with Gasteiger partial charge in [-0.2, -0.15) is 0 Å². The van der Waals surface area contributed by atoms with Crippen molar-refractivity contribution >= 4 is 29.1 Å². The summed E-state index contributed by atoms with van der Waals surface area (Å²) in [6.07, 6.45) is 5.57. The van der Waals surface area contributed by atoms with Gasteiger partial charge in [0.25, 0.3) is 5.91 Å². The number of halogens is 1. The van der Waals surface area contributed by atoms with Gasteiger partial charge >= 0.3 is 0 Å². The average Bonchev–Trinajstić information content (AvgIpc) is 2.74. The summed E-state index contributed by atoms with van der Waals surface area (Å²) in [7, 11) is 1.78. The van der Waals surface area contributed by atoms with Crippen molar-refractivity contribution in [2.24, 2.45) is 0 Å². The maximum Gasteiger partial charge on any atom is 0.253 e. The van der Waals surface area contributed by atoms with E-state index < -0.39 is 0 Å². The first-order valence-corrected chi connectivity index (χ1v) is 10.5. The SMILES string of the molecule is CN(Cc1ccccc1)C(=O)CNc1ccc(Cl)c(C(=O)NC2CCCCC2)c1. The van der Waals surface area contributed by atoms with Crippen molar-refractivity contribution in [2.45, 2.75) is 44.7 Å². The van der Waals surface area contributed by atoms with E-state index in [1.807, 2.05) is 30.3 Å². The van der Waals surface area contributed by atoms with Gasteiger partial charge < -0.3 is 15.5 Å². The molecule has 0 unspecified atom stereocenters. The van der Waals surface area contributed by atoms with Crippen LogP contribution in [0.2, 0.25) is 5.02 Å². The predicted octanol–water partition coefficient (Wildman–Crippen LogP) is 4.47. The third-order valence-corrected chi connectivity index (χ3v) is 5.61. The summed E-state index contributed by atoms with van der Waals surface area (Å²) < 4.78 is 0. The highest BCUT2D eigenvalue weighted by atomic mass is 35.5. The minimum Gasteiger partial charge on any atom is -0.376 e. The van der Waals surface area contributed by atoms with Crippen LogP contribution in [-0.4, -0.2) is 36.3 Å². The van der Waals surface area contributed by atoms with E-state index in [1.54, 1.807) is 30.1 Å². The first kappa shape index (κ1) is 21.2. The Balaban J connectivity index is 1.56. The van der Waals surface area contributed by atoms with E-state index >= 15 is 0 Å². The summed E-state index contributed by atoms with van der Waals surface area (Å²) in [4.78, 5) is 26.7. The highest BCUT2D eigenvalue weighted by molar-refractivity contribution is 6.34. The van der Waals surface area contributed by atoms with Gasteiger partial charge in [-0.15, -0.1) is 0 Å². The second kappa shape index (κ2) is 10.3. The zero-order chi connectivity index (χ0) is 20.6. The number of amides is 2. The van der Waals surface area contributed by atoms with Crippen LogP contribution in [0.1, 0.15) is 48.0 Å². The molecule has 2 N–H and O–H groups in total. The summed E-state index contributed by atoms with van der Waals surface area (Å²) >= 11 is 6.25. The largest absolute Gasteiger partial charge is 0.376 e. The lowest BCUT2D eigenvalue weighted by Gasteiger charge is -2.23. The van der Waals surface area contributed by atoms with Crippen molar-refractivity contribution in [3.8, 4) is 0 Å². The van der Waals surface area contributed by atoms with E-state index in [9.17, 15) is 9.59 Å². The van der Waals surface area contributed by atoms with Crippen LogP contribution < -0.4 is 10.6 Å². The number of benzene rings is 2. The van der Waals surface area contributed by atoms with Crippen molar-refractivity contribution in [1.29, 1.82) is 0 Å². The van der Waals surface area contributed by atoms with Crippen LogP contribution in [0.15, 0.2) is 48.5 Å². The Bertz CT molecular complexity index is 835. The summed E-state index contributed by atoms with van der Waals surface area (Å²) in [6.45, 7) is 0.700. The molecule has 5 nitrogen and oxygen atoms in total. The molecule has 0 aliphatic heterocycles. The molecule has 2 aromatic carbocycles. The summed E-state index contributed by atoms with van der Waals surface area (Å²) in [6, 6.07) is 15.3. The fraction of sp³-hybridized carbons (Fsp3) is 0.391. The monoisotopic (exact) mass is 413 g/mol. The van der Waals surface area contributed by atoms with Crippen molar-refractivity contribution in [2.75, 3.05) is 18.9 Å². The minimum atomic E-state index is -0.155. The number of rotatable bonds is 7. The minimum absolute atomic E-state index is 0.0305. The van der Waals surface area contributed by atoms with Gasteiger partial charge in [0, 0.05) is 25.3 Å². The molecule has 6 heteroatoms. The van der Waals surface area contributed by atoms with Gasteiger partial charge in [-0.1, -0.05) is 61.2 Å². The number of hydrogen-bond acceptors (Lipinski definition) is 3. The molecule has 29 heavy (non-hydrogen) atoms. The molecule has 1 saturated carbocycles. The van der Waals surface area contributed by atoms with Crippen LogP contribution in [0.4, 0.5) is 5.69 Å². The van der Waals surface area contributed by atoms with E-state index in [1.165, 1.54) is 6.42 Å². The van der Waals surface area contributed by atoms with Crippen LogP contribution in [0.25, 0.3) is 0 Å². The summed E-state index contributed by atoms with van der Waals surface area (Å²) in [5.74, 6) is -0.185. The Labute approximate surface area is 177 Å². The van der Waals surface area contributed by atoms with E-state index in [0.29, 0.717) is 22.8 Å². The van der Waals surface area contributed by atoms with Crippen LogP contribution >= 0.6 is 11.6 Å². The van der Waals surface area contributed by atoms with Gasteiger partial charge in [0.2, 0.25) is 5.91 Å². The fourth-order valence-electron chi connectivity index (χ4n) is 3.58. The molecule has 1 aliphatic rings. The van der Waals surface area contributed by atoms with Gasteiger partial charge in [-0.25, -0.2) is 0 Å². The Morgan fingerprint density at radius 1 is 1.07 bits per heavy atom. The molecule has 0 saturated heterocycles. The number of carbonyl (C=O) groups is 2. The predicted molar refractivity (Wildman–Crippen MR) is 117 cm³/mol. The van der Waals surface area contributed by atoms with Crippen LogP contribution in [-0.2, 0) is 11.3 Å². The highest BCUT2D eigenvalue weighted by Gasteiger charge is 2.19. The van der Waals surface area contributed by atoms with Gasteiger partial charge in [-0.3, -0.25) is 9.59 Å². The second-order valence-electron chi connectivity index (χ2n) is 7.59. The number of anilines is 1. The topological polar surface area (TPSA) is 61.4 Å². The Hall–Kier alpha value is -2.53. The third-order valence-electron chi connectivity index (χ3n) is 5.28. The maximum absolute atomic E-state index is 12.6. The quantitative estimate of drug-likeness (QED) is 0.703. The number of nitrogens with one attached hydrogen (secondary N) is 2. The molecule has 2 aromatic rings. The van der Waals surface area contributed by atoms with Crippen LogP contribution in [0.3, 0.4) is 0 Å². The molecular weight excluding hydrogens is 386 g/mol. The Morgan fingerprint density at radius 3 is 2.52 bits per heavy atom. The van der Waals surface area contributed by atoms with Gasteiger partial charge in [0.1, 0.15) is 0 Å². The fourth-order valence-corrected chi connectivity index (χ4v) is 3.78. The van der Waals surface area contributed by atoms with Gasteiger partial charge in [-0.05, 0) is 36.6 Å². The van der Waals surface area contributed by atoms with E-state index in [4.69, 9.17) is 11.6 Å². The third kappa shape index (κ3) is 6.23. The summed E-state index contributed by atoms with van der Waals surface area (Å²) in [5, 5.41) is 6.61. The lowest BCUT2D eigenvalue weighted by Crippen LogP contribution is -2.36. The molecule has 154 valence electrons. The average molecular weight is 414 g/mol. The van der Waals surface area contributed by atoms with Crippen molar-refractivity contribution in [3.63, 3.8) is 0 Å². The Kier molecular flexibility index (Phi) is 7.53. The lowest BCUT2D eigenvalue weighted by molar-refractivity contribution is -0.128. The highest BCUT2D eigenvalue weighted by Crippen LogP contribution is 2.23. The van der Waals surface area contributed by atoms with Gasteiger partial charge in [0.05, 0.1) is 17.1 Å². The molecule has 3 rings (SSSR count). The first-order chi connectivity index (χ1) is 14.0. The maximum atomic E-state index is 12.6. The molecule has 0 bridgehead atoms.